The van der Waals surface area contributed by atoms with E-state index in [1.165, 1.54) is 18.2 Å². The zero-order chi connectivity index (χ0) is 11.4. The van der Waals surface area contributed by atoms with Gasteiger partial charge in [-0.3, -0.25) is 4.79 Å². The van der Waals surface area contributed by atoms with Crippen LogP contribution in [0.25, 0.3) is 0 Å². The van der Waals surface area contributed by atoms with E-state index in [1.54, 1.807) is 6.92 Å². The lowest BCUT2D eigenvalue weighted by Crippen LogP contribution is -2.21. The normalized spacial score (nSPS) is 12.2. The summed E-state index contributed by atoms with van der Waals surface area (Å²) >= 11 is 5.45. The Morgan fingerprint density at radius 3 is 2.87 bits per heavy atom. The Kier molecular flexibility index (Phi) is 3.91. The first kappa shape index (κ1) is 11.8. The van der Waals surface area contributed by atoms with E-state index in [0.29, 0.717) is 11.3 Å². The summed E-state index contributed by atoms with van der Waals surface area (Å²) in [6, 6.07) is 3.99. The average Bonchev–Trinajstić information content (AvgIpc) is 2.15. The molecule has 0 aliphatic heterocycles. The van der Waals surface area contributed by atoms with Crippen LogP contribution in [0.2, 0.25) is 0 Å². The molecular weight excluding hydrogens is 223 g/mol. The molecule has 15 heavy (non-hydrogen) atoms. The minimum atomic E-state index is -1.14. The van der Waals surface area contributed by atoms with Gasteiger partial charge in [-0.15, -0.1) is 11.6 Å². The van der Waals surface area contributed by atoms with Gasteiger partial charge >= 0.3 is 5.97 Å². The number of benzene rings is 1. The predicted octanol–water partition coefficient (Wildman–Crippen LogP) is 2.20. The molecule has 0 radical (unpaired) electrons. The lowest BCUT2D eigenvalue weighted by molar-refractivity contribution is -0.137. The number of halogens is 2. The van der Waals surface area contributed by atoms with E-state index in [0.717, 1.165) is 0 Å². The molecule has 0 aliphatic carbocycles. The van der Waals surface area contributed by atoms with Crippen molar-refractivity contribution in [3.05, 3.63) is 29.6 Å². The van der Waals surface area contributed by atoms with E-state index in [-0.39, 0.29) is 12.4 Å². The second kappa shape index (κ2) is 4.98. The number of carboxylic acids is 1. The Bertz CT molecular complexity index is 368. The molecule has 1 aromatic carbocycles. The molecule has 1 aromatic rings. The van der Waals surface area contributed by atoms with Crippen LogP contribution in [0.3, 0.4) is 0 Å². The molecule has 5 heteroatoms. The van der Waals surface area contributed by atoms with Gasteiger partial charge in [-0.1, -0.05) is 0 Å². The van der Waals surface area contributed by atoms with E-state index in [1.807, 2.05) is 0 Å². The average molecular weight is 233 g/mol. The number of carboxylic acid groups (broad SMARTS) is 1. The van der Waals surface area contributed by atoms with Gasteiger partial charge in [0, 0.05) is 0 Å². The fraction of sp³-hybridized carbons (Fsp3) is 0.300. The number of alkyl halides is 1. The van der Waals surface area contributed by atoms with Crippen LogP contribution in [-0.4, -0.2) is 23.1 Å². The van der Waals surface area contributed by atoms with E-state index in [2.05, 4.69) is 0 Å². The van der Waals surface area contributed by atoms with Crippen molar-refractivity contribution in [3.63, 3.8) is 0 Å². The molecule has 1 rings (SSSR count). The highest BCUT2D eigenvalue weighted by Crippen LogP contribution is 2.18. The molecule has 0 saturated heterocycles. The standard InChI is InChI=1S/C10H10ClFO3/c1-6-4-7(12)2-3-9(6)15-5-8(11)10(13)14/h2-4,8H,5H2,1H3,(H,13,14). The van der Waals surface area contributed by atoms with Crippen molar-refractivity contribution in [1.82, 2.24) is 0 Å². The Morgan fingerprint density at radius 2 is 2.33 bits per heavy atom. The van der Waals surface area contributed by atoms with Gasteiger partial charge in [-0.05, 0) is 30.7 Å². The zero-order valence-electron chi connectivity index (χ0n) is 8.04. The summed E-state index contributed by atoms with van der Waals surface area (Å²) in [5.41, 5.74) is 0.601. The Labute approximate surface area is 91.4 Å². The lowest BCUT2D eigenvalue weighted by atomic mass is 10.2. The van der Waals surface area contributed by atoms with Gasteiger partial charge in [0.25, 0.3) is 0 Å². The van der Waals surface area contributed by atoms with Gasteiger partial charge in [-0.25, -0.2) is 4.39 Å². The summed E-state index contributed by atoms with van der Waals surface area (Å²) in [6.07, 6.45) is 0. The van der Waals surface area contributed by atoms with Gasteiger partial charge in [0.15, 0.2) is 5.38 Å². The van der Waals surface area contributed by atoms with Crippen LogP contribution in [0.5, 0.6) is 5.75 Å². The van der Waals surface area contributed by atoms with E-state index in [4.69, 9.17) is 21.4 Å². The Hall–Kier alpha value is -1.29. The highest BCUT2D eigenvalue weighted by Gasteiger charge is 2.14. The molecule has 0 aromatic heterocycles. The highest BCUT2D eigenvalue weighted by molar-refractivity contribution is 6.29. The maximum atomic E-state index is 12.7. The van der Waals surface area contributed by atoms with Crippen LogP contribution in [0.1, 0.15) is 5.56 Å². The van der Waals surface area contributed by atoms with Gasteiger partial charge in [0.2, 0.25) is 0 Å². The molecule has 3 nitrogen and oxygen atoms in total. The zero-order valence-corrected chi connectivity index (χ0v) is 8.79. The first-order valence-electron chi connectivity index (χ1n) is 4.26. The van der Waals surface area contributed by atoms with E-state index in [9.17, 15) is 9.18 Å². The summed E-state index contributed by atoms with van der Waals surface area (Å²) in [6.45, 7) is 1.52. The third-order valence-electron chi connectivity index (χ3n) is 1.79. The molecular formula is C10H10ClFO3. The number of rotatable bonds is 4. The summed E-state index contributed by atoms with van der Waals surface area (Å²) in [5.74, 6) is -1.07. The van der Waals surface area contributed by atoms with Gasteiger partial charge in [0.05, 0.1) is 0 Å². The topological polar surface area (TPSA) is 46.5 Å². The quantitative estimate of drug-likeness (QED) is 0.810. The molecule has 82 valence electrons. The largest absolute Gasteiger partial charge is 0.491 e. The van der Waals surface area contributed by atoms with Gasteiger partial charge < -0.3 is 9.84 Å². The molecule has 0 fully saturated rings. The second-order valence-electron chi connectivity index (χ2n) is 3.03. The fourth-order valence-corrected chi connectivity index (χ4v) is 1.07. The Morgan fingerprint density at radius 1 is 1.67 bits per heavy atom. The molecule has 1 N–H and O–H groups in total. The predicted molar refractivity (Wildman–Crippen MR) is 53.9 cm³/mol. The molecule has 0 bridgehead atoms. The summed E-state index contributed by atoms with van der Waals surface area (Å²) < 4.78 is 17.8. The van der Waals surface area contributed by atoms with Crippen molar-refractivity contribution in [2.24, 2.45) is 0 Å². The summed E-state index contributed by atoms with van der Waals surface area (Å²) in [7, 11) is 0. The maximum Gasteiger partial charge on any atom is 0.325 e. The van der Waals surface area contributed by atoms with Gasteiger partial charge in [0.1, 0.15) is 18.2 Å². The van der Waals surface area contributed by atoms with Crippen LogP contribution < -0.4 is 4.74 Å². The van der Waals surface area contributed by atoms with Crippen molar-refractivity contribution in [2.45, 2.75) is 12.3 Å². The van der Waals surface area contributed by atoms with Crippen LogP contribution in [0.4, 0.5) is 4.39 Å². The molecule has 0 aliphatic rings. The van der Waals surface area contributed by atoms with Crippen LogP contribution >= 0.6 is 11.6 Å². The number of ether oxygens (including phenoxy) is 1. The molecule has 1 unspecified atom stereocenters. The van der Waals surface area contributed by atoms with Crippen LogP contribution in [0, 0.1) is 12.7 Å². The van der Waals surface area contributed by atoms with Crippen molar-refractivity contribution < 1.29 is 19.0 Å². The van der Waals surface area contributed by atoms with Crippen molar-refractivity contribution >= 4 is 17.6 Å². The Balaban J connectivity index is 2.62. The first-order valence-corrected chi connectivity index (χ1v) is 4.70. The molecule has 0 heterocycles. The number of hydrogen-bond donors (Lipinski definition) is 1. The minimum absolute atomic E-state index is 0.149. The van der Waals surface area contributed by atoms with Crippen molar-refractivity contribution in [3.8, 4) is 5.75 Å². The summed E-state index contributed by atoms with van der Waals surface area (Å²) in [4.78, 5) is 10.4. The van der Waals surface area contributed by atoms with E-state index >= 15 is 0 Å². The van der Waals surface area contributed by atoms with Crippen LogP contribution in [0.15, 0.2) is 18.2 Å². The van der Waals surface area contributed by atoms with Crippen LogP contribution in [-0.2, 0) is 4.79 Å². The lowest BCUT2D eigenvalue weighted by Gasteiger charge is -2.10. The first-order chi connectivity index (χ1) is 7.00. The number of hydrogen-bond acceptors (Lipinski definition) is 2. The smallest absolute Gasteiger partial charge is 0.325 e. The summed E-state index contributed by atoms with van der Waals surface area (Å²) in [5, 5.41) is 7.40. The SMILES string of the molecule is Cc1cc(F)ccc1OCC(Cl)C(=O)O. The number of carbonyl (C=O) groups is 1. The minimum Gasteiger partial charge on any atom is -0.491 e. The van der Waals surface area contributed by atoms with Crippen molar-refractivity contribution in [2.75, 3.05) is 6.61 Å². The maximum absolute atomic E-state index is 12.7. The fourth-order valence-electron chi connectivity index (χ4n) is 1.01. The number of aliphatic carboxylic acids is 1. The third-order valence-corrected chi connectivity index (χ3v) is 2.10. The highest BCUT2D eigenvalue weighted by atomic mass is 35.5. The monoisotopic (exact) mass is 232 g/mol. The van der Waals surface area contributed by atoms with E-state index < -0.39 is 11.3 Å². The molecule has 0 spiro atoms. The van der Waals surface area contributed by atoms with Crippen molar-refractivity contribution in [1.29, 1.82) is 0 Å². The molecule has 1 atom stereocenters. The molecule has 0 amide bonds. The number of aryl methyl sites for hydroxylation is 1. The molecule has 0 saturated carbocycles. The van der Waals surface area contributed by atoms with Gasteiger partial charge in [-0.2, -0.15) is 0 Å². The third kappa shape index (κ3) is 3.40. The second-order valence-corrected chi connectivity index (χ2v) is 3.55.